The number of nitrogens with one attached hydrogen (secondary N) is 1. The van der Waals surface area contributed by atoms with E-state index in [0.717, 1.165) is 32.6 Å². The summed E-state index contributed by atoms with van der Waals surface area (Å²) in [5.74, 6) is -0.513. The van der Waals surface area contributed by atoms with Crippen molar-refractivity contribution in [3.63, 3.8) is 0 Å². The Morgan fingerprint density at radius 3 is 2.79 bits per heavy atom. The predicted octanol–water partition coefficient (Wildman–Crippen LogP) is -0.451. The lowest BCUT2D eigenvalue weighted by Crippen LogP contribution is -2.42. The Hall–Kier alpha value is -1.14. The zero-order chi connectivity index (χ0) is 14.3. The summed E-state index contributed by atoms with van der Waals surface area (Å²) in [6, 6.07) is 0. The largest absolute Gasteiger partial charge is 0.469 e. The Kier molecular flexibility index (Phi) is 6.80. The van der Waals surface area contributed by atoms with E-state index < -0.39 is 0 Å². The molecule has 0 aromatic carbocycles. The van der Waals surface area contributed by atoms with E-state index in [9.17, 15) is 9.59 Å². The smallest absolute Gasteiger partial charge is 0.310 e. The van der Waals surface area contributed by atoms with Crippen LogP contribution in [0.2, 0.25) is 0 Å². The van der Waals surface area contributed by atoms with Gasteiger partial charge in [0.2, 0.25) is 5.91 Å². The number of amides is 1. The van der Waals surface area contributed by atoms with E-state index in [0.29, 0.717) is 13.1 Å². The van der Waals surface area contributed by atoms with Crippen LogP contribution in [0.25, 0.3) is 0 Å². The first-order valence-electron chi connectivity index (χ1n) is 6.79. The summed E-state index contributed by atoms with van der Waals surface area (Å²) in [5, 5.41) is 3.31. The monoisotopic (exact) mass is 271 g/mol. The predicted molar refractivity (Wildman–Crippen MR) is 72.7 cm³/mol. The fourth-order valence-electron chi connectivity index (χ4n) is 2.16. The molecule has 6 heteroatoms. The number of nitrogens with zero attached hydrogens (tertiary/aromatic N) is 2. The Labute approximate surface area is 115 Å². The van der Waals surface area contributed by atoms with Crippen molar-refractivity contribution in [2.24, 2.45) is 5.92 Å². The second kappa shape index (κ2) is 8.12. The molecule has 1 heterocycles. The third-order valence-corrected chi connectivity index (χ3v) is 3.37. The maximum absolute atomic E-state index is 12.1. The minimum absolute atomic E-state index is 0.0534. The van der Waals surface area contributed by atoms with Crippen LogP contribution in [-0.2, 0) is 14.3 Å². The third-order valence-electron chi connectivity index (χ3n) is 3.37. The molecule has 0 aliphatic carbocycles. The van der Waals surface area contributed by atoms with Gasteiger partial charge in [-0.2, -0.15) is 0 Å². The van der Waals surface area contributed by atoms with Crippen molar-refractivity contribution in [2.45, 2.75) is 13.3 Å². The van der Waals surface area contributed by atoms with Crippen LogP contribution in [-0.4, -0.2) is 75.1 Å². The lowest BCUT2D eigenvalue weighted by molar-refractivity contribution is -0.146. The van der Waals surface area contributed by atoms with Crippen molar-refractivity contribution in [1.29, 1.82) is 0 Å². The number of carbonyl (C=O) groups excluding carboxylic acids is 2. The van der Waals surface area contributed by atoms with Gasteiger partial charge in [-0.05, 0) is 19.5 Å². The fourth-order valence-corrected chi connectivity index (χ4v) is 2.16. The van der Waals surface area contributed by atoms with Crippen LogP contribution >= 0.6 is 0 Å². The zero-order valence-electron chi connectivity index (χ0n) is 12.1. The molecule has 0 saturated carbocycles. The van der Waals surface area contributed by atoms with E-state index >= 15 is 0 Å². The van der Waals surface area contributed by atoms with Crippen LogP contribution < -0.4 is 5.32 Å². The first-order valence-corrected chi connectivity index (χ1v) is 6.79. The summed E-state index contributed by atoms with van der Waals surface area (Å²) in [5.41, 5.74) is 0. The number of rotatable bonds is 5. The van der Waals surface area contributed by atoms with Crippen LogP contribution in [0.4, 0.5) is 0 Å². The number of hydrogen-bond donors (Lipinski definition) is 1. The molecular formula is C13H25N3O3. The first-order chi connectivity index (χ1) is 9.04. The van der Waals surface area contributed by atoms with Gasteiger partial charge in [0.15, 0.2) is 0 Å². The molecule has 110 valence electrons. The summed E-state index contributed by atoms with van der Waals surface area (Å²) >= 11 is 0. The van der Waals surface area contributed by atoms with Crippen molar-refractivity contribution in [3.05, 3.63) is 0 Å². The second-order valence-corrected chi connectivity index (χ2v) is 5.08. The van der Waals surface area contributed by atoms with Gasteiger partial charge in [-0.1, -0.05) is 6.92 Å². The molecule has 0 bridgehead atoms. The highest BCUT2D eigenvalue weighted by atomic mass is 16.5. The minimum Gasteiger partial charge on any atom is -0.469 e. The van der Waals surface area contributed by atoms with Crippen LogP contribution in [0.3, 0.4) is 0 Å². The number of ether oxygens (including phenoxy) is 1. The average Bonchev–Trinajstić information content (AvgIpc) is 2.66. The Morgan fingerprint density at radius 2 is 2.11 bits per heavy atom. The number of hydrogen-bond acceptors (Lipinski definition) is 5. The van der Waals surface area contributed by atoms with Crippen molar-refractivity contribution < 1.29 is 14.3 Å². The summed E-state index contributed by atoms with van der Waals surface area (Å²) in [7, 11) is 3.10. The number of likely N-dealkylation sites (N-methyl/N-ethyl adjacent to an activating group) is 1. The molecular weight excluding hydrogens is 246 g/mol. The Bertz CT molecular complexity index is 302. The SMILES string of the molecule is COC(=O)C(C)CN(C)C(=O)CN1CCCNCC1. The molecule has 1 aliphatic rings. The lowest BCUT2D eigenvalue weighted by Gasteiger charge is -2.24. The molecule has 19 heavy (non-hydrogen) atoms. The molecule has 1 saturated heterocycles. The van der Waals surface area contributed by atoms with Crippen LogP contribution in [0.15, 0.2) is 0 Å². The summed E-state index contributed by atoms with van der Waals surface area (Å²) < 4.78 is 4.66. The van der Waals surface area contributed by atoms with Gasteiger partial charge in [0.25, 0.3) is 0 Å². The van der Waals surface area contributed by atoms with Crippen molar-refractivity contribution >= 4 is 11.9 Å². The maximum atomic E-state index is 12.1. The molecule has 6 nitrogen and oxygen atoms in total. The lowest BCUT2D eigenvalue weighted by atomic mass is 10.2. The van der Waals surface area contributed by atoms with Gasteiger partial charge < -0.3 is 15.0 Å². The van der Waals surface area contributed by atoms with E-state index in [4.69, 9.17) is 0 Å². The molecule has 1 rings (SSSR count). The van der Waals surface area contributed by atoms with Gasteiger partial charge in [-0.25, -0.2) is 0 Å². The van der Waals surface area contributed by atoms with E-state index in [1.807, 2.05) is 0 Å². The van der Waals surface area contributed by atoms with Crippen molar-refractivity contribution in [1.82, 2.24) is 15.1 Å². The molecule has 0 aromatic rings. The summed E-state index contributed by atoms with van der Waals surface area (Å²) in [6.45, 7) is 6.37. The topological polar surface area (TPSA) is 61.9 Å². The first kappa shape index (κ1) is 15.9. The quantitative estimate of drug-likeness (QED) is 0.686. The van der Waals surface area contributed by atoms with E-state index in [2.05, 4.69) is 15.0 Å². The standard InChI is InChI=1S/C13H25N3O3/c1-11(13(18)19-3)9-15(2)12(17)10-16-7-4-5-14-6-8-16/h11,14H,4-10H2,1-3H3. The van der Waals surface area contributed by atoms with Gasteiger partial charge in [0, 0.05) is 26.7 Å². The van der Waals surface area contributed by atoms with Gasteiger partial charge >= 0.3 is 5.97 Å². The third kappa shape index (κ3) is 5.57. The normalized spacial score (nSPS) is 18.5. The maximum Gasteiger partial charge on any atom is 0.310 e. The van der Waals surface area contributed by atoms with Crippen LogP contribution in [0, 0.1) is 5.92 Å². The molecule has 1 amide bonds. The van der Waals surface area contributed by atoms with Gasteiger partial charge in [-0.3, -0.25) is 14.5 Å². The number of methoxy groups -OCH3 is 1. The van der Waals surface area contributed by atoms with E-state index in [1.165, 1.54) is 7.11 Å². The molecule has 0 aromatic heterocycles. The number of carbonyl (C=O) groups is 2. The highest BCUT2D eigenvalue weighted by molar-refractivity contribution is 5.79. The highest BCUT2D eigenvalue weighted by Crippen LogP contribution is 2.03. The zero-order valence-corrected chi connectivity index (χ0v) is 12.1. The van der Waals surface area contributed by atoms with Crippen LogP contribution in [0.5, 0.6) is 0 Å². The van der Waals surface area contributed by atoms with Gasteiger partial charge in [-0.15, -0.1) is 0 Å². The highest BCUT2D eigenvalue weighted by Gasteiger charge is 2.20. The molecule has 1 fully saturated rings. The van der Waals surface area contributed by atoms with Gasteiger partial charge in [0.05, 0.1) is 19.6 Å². The second-order valence-electron chi connectivity index (χ2n) is 5.08. The van der Waals surface area contributed by atoms with Gasteiger partial charge in [0.1, 0.15) is 0 Å². The van der Waals surface area contributed by atoms with Crippen molar-refractivity contribution in [2.75, 3.05) is 53.4 Å². The molecule has 1 N–H and O–H groups in total. The Balaban J connectivity index is 2.36. The molecule has 1 unspecified atom stereocenters. The molecule has 0 spiro atoms. The molecule has 0 radical (unpaired) electrons. The van der Waals surface area contributed by atoms with Crippen LogP contribution in [0.1, 0.15) is 13.3 Å². The molecule has 1 aliphatic heterocycles. The number of esters is 1. The summed E-state index contributed by atoms with van der Waals surface area (Å²) in [4.78, 5) is 27.2. The fraction of sp³-hybridized carbons (Fsp3) is 0.846. The Morgan fingerprint density at radius 1 is 1.37 bits per heavy atom. The van der Waals surface area contributed by atoms with E-state index in [-0.39, 0.29) is 17.8 Å². The molecule has 1 atom stereocenters. The van der Waals surface area contributed by atoms with Crippen molar-refractivity contribution in [3.8, 4) is 0 Å². The van der Waals surface area contributed by atoms with E-state index in [1.54, 1.807) is 18.9 Å². The average molecular weight is 271 g/mol. The summed E-state index contributed by atoms with van der Waals surface area (Å²) in [6.07, 6.45) is 1.07. The minimum atomic E-state index is -0.287.